The Labute approximate surface area is 109 Å². The van der Waals surface area contributed by atoms with E-state index in [0.29, 0.717) is 12.0 Å². The van der Waals surface area contributed by atoms with E-state index in [4.69, 9.17) is 0 Å². The van der Waals surface area contributed by atoms with Crippen molar-refractivity contribution in [2.45, 2.75) is 46.6 Å². The lowest BCUT2D eigenvalue weighted by Gasteiger charge is -2.40. The van der Waals surface area contributed by atoms with E-state index in [1.807, 2.05) is 13.8 Å². The van der Waals surface area contributed by atoms with Crippen LogP contribution < -0.4 is 4.90 Å². The van der Waals surface area contributed by atoms with E-state index in [-0.39, 0.29) is 0 Å². The molecule has 0 saturated carbocycles. The van der Waals surface area contributed by atoms with Crippen LogP contribution in [0.2, 0.25) is 0 Å². The molecule has 1 aliphatic rings. The fourth-order valence-corrected chi connectivity index (χ4v) is 2.85. The molecule has 96 valence electrons. The maximum atomic E-state index is 9.36. The minimum atomic E-state index is 0.493. The molecule has 18 heavy (non-hydrogen) atoms. The third kappa shape index (κ3) is 2.20. The molecule has 3 nitrogen and oxygen atoms in total. The van der Waals surface area contributed by atoms with Crippen LogP contribution in [-0.2, 0) is 0 Å². The summed E-state index contributed by atoms with van der Waals surface area (Å²) < 4.78 is 0. The first-order chi connectivity index (χ1) is 8.54. The summed E-state index contributed by atoms with van der Waals surface area (Å²) in [4.78, 5) is 6.78. The molecular formula is C15H21N3. The van der Waals surface area contributed by atoms with Gasteiger partial charge in [0.2, 0.25) is 0 Å². The van der Waals surface area contributed by atoms with Gasteiger partial charge >= 0.3 is 0 Å². The van der Waals surface area contributed by atoms with E-state index in [2.05, 4.69) is 35.9 Å². The molecule has 0 spiro atoms. The number of rotatable bonds is 1. The predicted octanol–water partition coefficient (Wildman–Crippen LogP) is 3.19. The van der Waals surface area contributed by atoms with Crippen molar-refractivity contribution in [1.82, 2.24) is 4.98 Å². The van der Waals surface area contributed by atoms with Crippen LogP contribution in [0.3, 0.4) is 0 Å². The summed E-state index contributed by atoms with van der Waals surface area (Å²) in [6.07, 6.45) is 2.49. The number of nitrogens with zero attached hydrogens (tertiary/aromatic N) is 3. The van der Waals surface area contributed by atoms with Crippen LogP contribution in [0.1, 0.15) is 43.6 Å². The second-order valence-electron chi connectivity index (χ2n) is 5.41. The molecule has 1 fully saturated rings. The predicted molar refractivity (Wildman–Crippen MR) is 73.6 cm³/mol. The van der Waals surface area contributed by atoms with E-state index in [1.54, 1.807) is 0 Å². The molecule has 0 bridgehead atoms. The lowest BCUT2D eigenvalue weighted by molar-refractivity contribution is 0.363. The second-order valence-corrected chi connectivity index (χ2v) is 5.41. The fourth-order valence-electron chi connectivity index (χ4n) is 2.85. The topological polar surface area (TPSA) is 39.9 Å². The largest absolute Gasteiger partial charge is 0.367 e. The summed E-state index contributed by atoms with van der Waals surface area (Å²) >= 11 is 0. The number of hydrogen-bond acceptors (Lipinski definition) is 3. The molecule has 2 rings (SSSR count). The van der Waals surface area contributed by atoms with Gasteiger partial charge < -0.3 is 4.90 Å². The molecule has 1 aromatic rings. The van der Waals surface area contributed by atoms with Crippen molar-refractivity contribution >= 4 is 5.69 Å². The number of hydrogen-bond donors (Lipinski definition) is 0. The zero-order valence-electron chi connectivity index (χ0n) is 11.7. The van der Waals surface area contributed by atoms with Gasteiger partial charge in [0.15, 0.2) is 0 Å². The van der Waals surface area contributed by atoms with Gasteiger partial charge in [-0.2, -0.15) is 5.26 Å². The summed E-state index contributed by atoms with van der Waals surface area (Å²) in [6.45, 7) is 9.52. The van der Waals surface area contributed by atoms with E-state index in [0.717, 1.165) is 29.2 Å². The first-order valence-corrected chi connectivity index (χ1v) is 6.69. The van der Waals surface area contributed by atoms with Gasteiger partial charge in [-0.3, -0.25) is 4.98 Å². The SMILES string of the molecule is Cc1cc(N2CCCC(C)C2C)c(C#N)c(C)n1. The first kappa shape index (κ1) is 12.9. The zero-order chi connectivity index (χ0) is 13.3. The third-order valence-electron chi connectivity index (χ3n) is 4.10. The van der Waals surface area contributed by atoms with Crippen LogP contribution in [0.25, 0.3) is 0 Å². The Morgan fingerprint density at radius 3 is 2.78 bits per heavy atom. The van der Waals surface area contributed by atoms with Gasteiger partial charge in [0.05, 0.1) is 16.9 Å². The van der Waals surface area contributed by atoms with Gasteiger partial charge in [0.1, 0.15) is 6.07 Å². The van der Waals surface area contributed by atoms with Crippen LogP contribution >= 0.6 is 0 Å². The molecule has 1 saturated heterocycles. The average molecular weight is 243 g/mol. The van der Waals surface area contributed by atoms with Gasteiger partial charge in [-0.1, -0.05) is 6.92 Å². The van der Waals surface area contributed by atoms with Crippen molar-refractivity contribution in [3.63, 3.8) is 0 Å². The van der Waals surface area contributed by atoms with Gasteiger partial charge in [-0.05, 0) is 45.6 Å². The number of anilines is 1. The Kier molecular flexibility index (Phi) is 3.56. The monoisotopic (exact) mass is 243 g/mol. The highest BCUT2D eigenvalue weighted by Crippen LogP contribution is 2.31. The van der Waals surface area contributed by atoms with Crippen molar-refractivity contribution in [2.75, 3.05) is 11.4 Å². The zero-order valence-corrected chi connectivity index (χ0v) is 11.7. The van der Waals surface area contributed by atoms with E-state index >= 15 is 0 Å². The average Bonchev–Trinajstić information content (AvgIpc) is 2.32. The maximum absolute atomic E-state index is 9.36. The maximum Gasteiger partial charge on any atom is 0.103 e. The summed E-state index contributed by atoms with van der Waals surface area (Å²) in [7, 11) is 0. The molecule has 0 aromatic carbocycles. The van der Waals surface area contributed by atoms with Crippen molar-refractivity contribution < 1.29 is 0 Å². The molecule has 2 atom stereocenters. The highest BCUT2D eigenvalue weighted by atomic mass is 15.2. The molecule has 2 heterocycles. The molecule has 0 amide bonds. The quantitative estimate of drug-likeness (QED) is 0.760. The van der Waals surface area contributed by atoms with Crippen molar-refractivity contribution in [1.29, 1.82) is 5.26 Å². The fraction of sp³-hybridized carbons (Fsp3) is 0.600. The number of nitriles is 1. The van der Waals surface area contributed by atoms with Gasteiger partial charge in [0.25, 0.3) is 0 Å². The molecule has 2 unspecified atom stereocenters. The molecule has 0 radical (unpaired) electrons. The molecule has 3 heteroatoms. The van der Waals surface area contributed by atoms with Crippen molar-refractivity contribution in [2.24, 2.45) is 5.92 Å². The smallest absolute Gasteiger partial charge is 0.103 e. The van der Waals surface area contributed by atoms with Crippen LogP contribution in [0.4, 0.5) is 5.69 Å². The Balaban J connectivity index is 2.47. The number of piperidine rings is 1. The van der Waals surface area contributed by atoms with Crippen molar-refractivity contribution in [3.05, 3.63) is 23.0 Å². The molecular weight excluding hydrogens is 222 g/mol. The lowest BCUT2D eigenvalue weighted by atomic mass is 9.91. The highest BCUT2D eigenvalue weighted by molar-refractivity contribution is 5.62. The van der Waals surface area contributed by atoms with Crippen LogP contribution in [-0.4, -0.2) is 17.6 Å². The van der Waals surface area contributed by atoms with Gasteiger partial charge in [0, 0.05) is 18.3 Å². The van der Waals surface area contributed by atoms with Crippen LogP contribution in [0.5, 0.6) is 0 Å². The van der Waals surface area contributed by atoms with Crippen LogP contribution in [0, 0.1) is 31.1 Å². The van der Waals surface area contributed by atoms with E-state index in [1.165, 1.54) is 12.8 Å². The number of aryl methyl sites for hydroxylation is 2. The standard InChI is InChI=1S/C15H21N3/c1-10-6-5-7-18(13(10)4)15-8-11(2)17-12(3)14(15)9-16/h8,10,13H,5-7H2,1-4H3. The summed E-state index contributed by atoms with van der Waals surface area (Å²) in [6, 6.07) is 4.87. The Hall–Kier alpha value is -1.56. The summed E-state index contributed by atoms with van der Waals surface area (Å²) in [5.41, 5.74) is 3.65. The number of aromatic nitrogens is 1. The van der Waals surface area contributed by atoms with Gasteiger partial charge in [-0.25, -0.2) is 0 Å². The van der Waals surface area contributed by atoms with E-state index < -0.39 is 0 Å². The lowest BCUT2D eigenvalue weighted by Crippen LogP contribution is -2.43. The highest BCUT2D eigenvalue weighted by Gasteiger charge is 2.27. The second kappa shape index (κ2) is 4.97. The Bertz CT molecular complexity index is 487. The van der Waals surface area contributed by atoms with Gasteiger partial charge in [-0.15, -0.1) is 0 Å². The van der Waals surface area contributed by atoms with Crippen LogP contribution in [0.15, 0.2) is 6.07 Å². The Morgan fingerprint density at radius 1 is 1.39 bits per heavy atom. The minimum absolute atomic E-state index is 0.493. The normalized spacial score (nSPS) is 23.8. The summed E-state index contributed by atoms with van der Waals surface area (Å²) in [5.74, 6) is 0.680. The number of pyridine rings is 1. The minimum Gasteiger partial charge on any atom is -0.367 e. The Morgan fingerprint density at radius 2 is 2.11 bits per heavy atom. The molecule has 1 aliphatic heterocycles. The van der Waals surface area contributed by atoms with Crippen molar-refractivity contribution in [3.8, 4) is 6.07 Å². The summed E-state index contributed by atoms with van der Waals surface area (Å²) in [5, 5.41) is 9.36. The molecule has 0 aliphatic carbocycles. The van der Waals surface area contributed by atoms with E-state index in [9.17, 15) is 5.26 Å². The molecule has 1 aromatic heterocycles. The first-order valence-electron chi connectivity index (χ1n) is 6.69. The third-order valence-corrected chi connectivity index (χ3v) is 4.10. The molecule has 0 N–H and O–H groups in total.